The molecule has 0 spiro atoms. The average molecular weight is 255 g/mol. The van der Waals surface area contributed by atoms with Crippen molar-refractivity contribution in [2.45, 2.75) is 13.3 Å². The molecule has 0 aromatic heterocycles. The van der Waals surface area contributed by atoms with Crippen LogP contribution < -0.4 is 4.90 Å². The molecule has 0 N–H and O–H groups in total. The largest absolute Gasteiger partial charge is 0.378 e. The van der Waals surface area contributed by atoms with Gasteiger partial charge in [0.1, 0.15) is 0 Å². The van der Waals surface area contributed by atoms with Crippen molar-refractivity contribution in [2.24, 2.45) is 0 Å². The Bertz CT molecular complexity index is 456. The van der Waals surface area contributed by atoms with Crippen LogP contribution in [0.4, 0.5) is 5.69 Å². The predicted molar refractivity (Wildman–Crippen MR) is 71.0 cm³/mol. The Morgan fingerprint density at radius 3 is 2.59 bits per heavy atom. The van der Waals surface area contributed by atoms with Crippen molar-refractivity contribution in [3.63, 3.8) is 0 Å². The number of halogens is 1. The molecule has 0 aliphatic heterocycles. The highest BCUT2D eigenvalue weighted by Crippen LogP contribution is 2.25. The van der Waals surface area contributed by atoms with Crippen molar-refractivity contribution in [3.05, 3.63) is 44.6 Å². The molecule has 1 aromatic carbocycles. The van der Waals surface area contributed by atoms with Crippen LogP contribution in [0.15, 0.2) is 23.9 Å². The van der Waals surface area contributed by atoms with E-state index in [0.717, 1.165) is 5.69 Å². The van der Waals surface area contributed by atoms with Crippen molar-refractivity contribution < 1.29 is 4.92 Å². The Hall–Kier alpha value is -1.55. The lowest BCUT2D eigenvalue weighted by atomic mass is 10.1. The van der Waals surface area contributed by atoms with Gasteiger partial charge in [0, 0.05) is 32.3 Å². The summed E-state index contributed by atoms with van der Waals surface area (Å²) in [7, 11) is 3.82. The molecule has 0 unspecified atom stereocenters. The third kappa shape index (κ3) is 3.46. The molecule has 0 heterocycles. The summed E-state index contributed by atoms with van der Waals surface area (Å²) in [5.74, 6) is 0. The maximum Gasteiger partial charge on any atom is 0.246 e. The maximum atomic E-state index is 10.7. The fourth-order valence-corrected chi connectivity index (χ4v) is 1.60. The van der Waals surface area contributed by atoms with Gasteiger partial charge in [-0.15, -0.1) is 0 Å². The Balaban J connectivity index is 3.12. The van der Waals surface area contributed by atoms with Gasteiger partial charge in [0.2, 0.25) is 5.70 Å². The molecular weight excluding hydrogens is 240 g/mol. The second-order valence-electron chi connectivity index (χ2n) is 3.85. The minimum Gasteiger partial charge on any atom is -0.378 e. The quantitative estimate of drug-likeness (QED) is 0.611. The number of rotatable bonds is 4. The van der Waals surface area contributed by atoms with Gasteiger partial charge in [-0.25, -0.2) is 0 Å². The first-order valence-corrected chi connectivity index (χ1v) is 5.65. The molecule has 0 radical (unpaired) electrons. The van der Waals surface area contributed by atoms with Crippen molar-refractivity contribution >= 4 is 23.4 Å². The fourth-order valence-electron chi connectivity index (χ4n) is 1.37. The van der Waals surface area contributed by atoms with Gasteiger partial charge < -0.3 is 4.90 Å². The molecule has 0 saturated heterocycles. The van der Waals surface area contributed by atoms with Crippen molar-refractivity contribution in [2.75, 3.05) is 19.0 Å². The Labute approximate surface area is 106 Å². The van der Waals surface area contributed by atoms with Crippen LogP contribution in [0.5, 0.6) is 0 Å². The van der Waals surface area contributed by atoms with Gasteiger partial charge >= 0.3 is 0 Å². The van der Waals surface area contributed by atoms with Gasteiger partial charge in [-0.3, -0.25) is 10.1 Å². The lowest BCUT2D eigenvalue weighted by Gasteiger charge is -2.13. The van der Waals surface area contributed by atoms with E-state index in [-0.39, 0.29) is 10.6 Å². The van der Waals surface area contributed by atoms with E-state index in [2.05, 4.69) is 0 Å². The van der Waals surface area contributed by atoms with E-state index in [9.17, 15) is 10.1 Å². The Morgan fingerprint density at radius 1 is 1.53 bits per heavy atom. The molecule has 1 aromatic rings. The molecule has 0 amide bonds. The lowest BCUT2D eigenvalue weighted by molar-refractivity contribution is -0.425. The first-order valence-electron chi connectivity index (χ1n) is 5.27. The first-order chi connectivity index (χ1) is 7.95. The van der Waals surface area contributed by atoms with E-state index in [4.69, 9.17) is 11.6 Å². The van der Waals surface area contributed by atoms with Gasteiger partial charge in [0.05, 0.1) is 9.95 Å². The summed E-state index contributed by atoms with van der Waals surface area (Å²) in [4.78, 5) is 12.3. The smallest absolute Gasteiger partial charge is 0.246 e. The van der Waals surface area contributed by atoms with E-state index in [1.807, 2.05) is 25.1 Å². The van der Waals surface area contributed by atoms with Crippen LogP contribution >= 0.6 is 11.6 Å². The van der Waals surface area contributed by atoms with E-state index >= 15 is 0 Å². The number of hydrogen-bond acceptors (Lipinski definition) is 3. The molecule has 0 aliphatic rings. The molecular formula is C12H15ClN2O2. The second kappa shape index (κ2) is 5.68. The van der Waals surface area contributed by atoms with Crippen molar-refractivity contribution in [1.82, 2.24) is 0 Å². The number of benzene rings is 1. The summed E-state index contributed by atoms with van der Waals surface area (Å²) in [6, 6.07) is 5.46. The normalized spacial score (nSPS) is 11.4. The zero-order chi connectivity index (χ0) is 13.0. The predicted octanol–water partition coefficient (Wildman–Crippen LogP) is 3.43. The van der Waals surface area contributed by atoms with Gasteiger partial charge in [0.15, 0.2) is 0 Å². The van der Waals surface area contributed by atoms with Crippen LogP contribution in [-0.4, -0.2) is 19.0 Å². The molecule has 0 fully saturated rings. The van der Waals surface area contributed by atoms with Crippen LogP contribution in [0.2, 0.25) is 5.02 Å². The topological polar surface area (TPSA) is 46.4 Å². The highest BCUT2D eigenvalue weighted by Gasteiger charge is 2.09. The summed E-state index contributed by atoms with van der Waals surface area (Å²) in [6.45, 7) is 1.75. The van der Waals surface area contributed by atoms with Gasteiger partial charge in [-0.1, -0.05) is 24.6 Å². The van der Waals surface area contributed by atoms with Crippen molar-refractivity contribution in [3.8, 4) is 0 Å². The average Bonchev–Trinajstić information content (AvgIpc) is 2.26. The third-order valence-electron chi connectivity index (χ3n) is 2.42. The fraction of sp³-hybridized carbons (Fsp3) is 0.333. The standard InChI is InChI=1S/C12H15ClN2O2/c1-4-10(15(16)17)7-9-5-6-11(14(2)3)8-12(9)13/h5-8H,4H2,1-3H3. The van der Waals surface area contributed by atoms with E-state index < -0.39 is 0 Å². The summed E-state index contributed by atoms with van der Waals surface area (Å²) < 4.78 is 0. The summed E-state index contributed by atoms with van der Waals surface area (Å²) in [5, 5.41) is 11.2. The monoisotopic (exact) mass is 254 g/mol. The molecule has 92 valence electrons. The highest BCUT2D eigenvalue weighted by atomic mass is 35.5. The number of allylic oxidation sites excluding steroid dienone is 1. The minimum atomic E-state index is -0.379. The minimum absolute atomic E-state index is 0.157. The second-order valence-corrected chi connectivity index (χ2v) is 4.25. The van der Waals surface area contributed by atoms with Crippen LogP contribution in [-0.2, 0) is 0 Å². The van der Waals surface area contributed by atoms with Crippen molar-refractivity contribution in [1.29, 1.82) is 0 Å². The molecule has 0 atom stereocenters. The van der Waals surface area contributed by atoms with Gasteiger partial charge in [0.25, 0.3) is 0 Å². The summed E-state index contributed by atoms with van der Waals surface area (Å²) in [6.07, 6.45) is 1.89. The third-order valence-corrected chi connectivity index (χ3v) is 2.75. The van der Waals surface area contributed by atoms with Crippen LogP contribution in [0.25, 0.3) is 6.08 Å². The zero-order valence-electron chi connectivity index (χ0n) is 10.1. The summed E-state index contributed by atoms with van der Waals surface area (Å²) >= 11 is 6.09. The highest BCUT2D eigenvalue weighted by molar-refractivity contribution is 6.32. The van der Waals surface area contributed by atoms with E-state index in [1.165, 1.54) is 6.08 Å². The molecule has 0 bridgehead atoms. The van der Waals surface area contributed by atoms with Gasteiger partial charge in [-0.05, 0) is 17.7 Å². The summed E-state index contributed by atoms with van der Waals surface area (Å²) in [5.41, 5.74) is 1.79. The van der Waals surface area contributed by atoms with Crippen LogP contribution in [0, 0.1) is 10.1 Å². The van der Waals surface area contributed by atoms with Crippen LogP contribution in [0.3, 0.4) is 0 Å². The molecule has 4 nitrogen and oxygen atoms in total. The molecule has 0 aliphatic carbocycles. The Kier molecular flexibility index (Phi) is 4.52. The number of nitro groups is 1. The van der Waals surface area contributed by atoms with E-state index in [1.54, 1.807) is 19.1 Å². The van der Waals surface area contributed by atoms with Crippen LogP contribution in [0.1, 0.15) is 18.9 Å². The molecule has 5 heteroatoms. The first kappa shape index (κ1) is 13.5. The molecule has 1 rings (SSSR count). The lowest BCUT2D eigenvalue weighted by Crippen LogP contribution is -2.08. The molecule has 0 saturated carbocycles. The molecule has 17 heavy (non-hydrogen) atoms. The number of nitrogens with zero attached hydrogens (tertiary/aromatic N) is 2. The maximum absolute atomic E-state index is 10.7. The SMILES string of the molecule is CCC(=Cc1ccc(N(C)C)cc1Cl)[N+](=O)[O-]. The van der Waals surface area contributed by atoms with E-state index in [0.29, 0.717) is 17.0 Å². The Morgan fingerprint density at radius 2 is 2.18 bits per heavy atom. The number of anilines is 1. The van der Waals surface area contributed by atoms with Gasteiger partial charge in [-0.2, -0.15) is 0 Å². The number of hydrogen-bond donors (Lipinski definition) is 0. The zero-order valence-corrected chi connectivity index (χ0v) is 10.9.